The number of fused-ring (bicyclic) bond motifs is 2. The molecule has 4 heteroatoms. The average Bonchev–Trinajstić information content (AvgIpc) is 2.89. The Bertz CT molecular complexity index is 919. The lowest BCUT2D eigenvalue weighted by molar-refractivity contribution is 1.22. The topological polar surface area (TPSA) is 54.5 Å². The normalized spacial score (nSPS) is 11.2. The number of aromatic amines is 1. The monoisotopic (exact) mass is 260 g/mol. The molecule has 0 saturated heterocycles. The van der Waals surface area contributed by atoms with Crippen molar-refractivity contribution in [3.8, 4) is 11.4 Å². The molecule has 4 rings (SSSR count). The van der Waals surface area contributed by atoms with Crippen LogP contribution in [0.1, 0.15) is 5.69 Å². The second-order valence-electron chi connectivity index (χ2n) is 4.79. The summed E-state index contributed by atoms with van der Waals surface area (Å²) in [6.07, 6.45) is 1.80. The maximum absolute atomic E-state index is 4.59. The standard InChI is InChI=1S/C16H12N4/c1-10-7-8-13-16(18-10)20-15(19-13)12-6-2-4-11-5-3-9-17-14(11)12/h2-9H,1H3,(H,18,19,20). The largest absolute Gasteiger partial charge is 0.337 e. The van der Waals surface area contributed by atoms with E-state index in [-0.39, 0.29) is 0 Å². The fourth-order valence-corrected chi connectivity index (χ4v) is 2.41. The fraction of sp³-hybridized carbons (Fsp3) is 0.0625. The molecule has 3 heterocycles. The van der Waals surface area contributed by atoms with Gasteiger partial charge in [-0.15, -0.1) is 0 Å². The predicted molar refractivity (Wildman–Crippen MR) is 79.4 cm³/mol. The predicted octanol–water partition coefficient (Wildman–Crippen LogP) is 3.48. The van der Waals surface area contributed by atoms with Crippen molar-refractivity contribution in [2.24, 2.45) is 0 Å². The van der Waals surface area contributed by atoms with E-state index >= 15 is 0 Å². The summed E-state index contributed by atoms with van der Waals surface area (Å²) in [4.78, 5) is 16.8. The van der Waals surface area contributed by atoms with Crippen LogP contribution in [0.4, 0.5) is 0 Å². The number of nitrogens with one attached hydrogen (secondary N) is 1. The average molecular weight is 260 g/mol. The zero-order chi connectivity index (χ0) is 13.5. The first-order valence-electron chi connectivity index (χ1n) is 6.49. The van der Waals surface area contributed by atoms with Crippen LogP contribution in [-0.2, 0) is 0 Å². The van der Waals surface area contributed by atoms with E-state index in [0.29, 0.717) is 0 Å². The minimum Gasteiger partial charge on any atom is -0.337 e. The molecule has 20 heavy (non-hydrogen) atoms. The van der Waals surface area contributed by atoms with Crippen molar-refractivity contribution >= 4 is 22.1 Å². The van der Waals surface area contributed by atoms with Crippen molar-refractivity contribution < 1.29 is 0 Å². The smallest absolute Gasteiger partial charge is 0.178 e. The minimum atomic E-state index is 0.743. The second kappa shape index (κ2) is 4.13. The Hall–Kier alpha value is -2.75. The maximum Gasteiger partial charge on any atom is 0.178 e. The van der Waals surface area contributed by atoms with E-state index in [1.807, 2.05) is 37.3 Å². The number of aryl methyl sites for hydroxylation is 1. The minimum absolute atomic E-state index is 0.743. The van der Waals surface area contributed by atoms with Gasteiger partial charge in [0, 0.05) is 22.8 Å². The van der Waals surface area contributed by atoms with E-state index in [4.69, 9.17) is 0 Å². The molecule has 3 aromatic heterocycles. The third-order valence-corrected chi connectivity index (χ3v) is 3.37. The SMILES string of the molecule is Cc1ccc2[nH]c(-c3cccc4cccnc34)nc2n1. The van der Waals surface area contributed by atoms with Crippen LogP contribution in [0.3, 0.4) is 0 Å². The lowest BCUT2D eigenvalue weighted by Crippen LogP contribution is -1.86. The van der Waals surface area contributed by atoms with Crippen molar-refractivity contribution in [1.82, 2.24) is 19.9 Å². The fourth-order valence-electron chi connectivity index (χ4n) is 2.41. The number of hydrogen-bond acceptors (Lipinski definition) is 3. The molecule has 0 aliphatic carbocycles. The van der Waals surface area contributed by atoms with E-state index in [1.165, 1.54) is 0 Å². The number of H-pyrrole nitrogens is 1. The quantitative estimate of drug-likeness (QED) is 0.570. The second-order valence-corrected chi connectivity index (χ2v) is 4.79. The summed E-state index contributed by atoms with van der Waals surface area (Å²) < 4.78 is 0. The summed E-state index contributed by atoms with van der Waals surface area (Å²) in [5.74, 6) is 0.808. The third-order valence-electron chi connectivity index (χ3n) is 3.37. The number of aromatic nitrogens is 4. The van der Waals surface area contributed by atoms with E-state index in [1.54, 1.807) is 6.20 Å². The van der Waals surface area contributed by atoms with Crippen LogP contribution in [0.25, 0.3) is 33.5 Å². The highest BCUT2D eigenvalue weighted by Crippen LogP contribution is 2.26. The summed E-state index contributed by atoms with van der Waals surface area (Å²) >= 11 is 0. The molecule has 1 N–H and O–H groups in total. The molecule has 0 aliphatic rings. The first-order chi connectivity index (χ1) is 9.81. The van der Waals surface area contributed by atoms with E-state index in [0.717, 1.165) is 39.1 Å². The van der Waals surface area contributed by atoms with Crippen molar-refractivity contribution in [3.63, 3.8) is 0 Å². The van der Waals surface area contributed by atoms with Crippen molar-refractivity contribution in [2.45, 2.75) is 6.92 Å². The highest BCUT2D eigenvalue weighted by atomic mass is 15.0. The number of rotatable bonds is 1. The van der Waals surface area contributed by atoms with Gasteiger partial charge in [-0.1, -0.05) is 18.2 Å². The number of pyridine rings is 2. The molecule has 4 nitrogen and oxygen atoms in total. The van der Waals surface area contributed by atoms with Crippen LogP contribution >= 0.6 is 0 Å². The number of nitrogens with zero attached hydrogens (tertiary/aromatic N) is 3. The molecule has 0 aliphatic heterocycles. The molecule has 0 spiro atoms. The highest BCUT2D eigenvalue weighted by molar-refractivity contribution is 5.93. The van der Waals surface area contributed by atoms with E-state index in [9.17, 15) is 0 Å². The Morgan fingerprint density at radius 1 is 0.950 bits per heavy atom. The van der Waals surface area contributed by atoms with Crippen LogP contribution in [0.2, 0.25) is 0 Å². The zero-order valence-corrected chi connectivity index (χ0v) is 11.0. The third kappa shape index (κ3) is 1.66. The van der Waals surface area contributed by atoms with Crippen LogP contribution in [-0.4, -0.2) is 19.9 Å². The lowest BCUT2D eigenvalue weighted by atomic mass is 10.1. The zero-order valence-electron chi connectivity index (χ0n) is 11.0. The molecule has 96 valence electrons. The van der Waals surface area contributed by atoms with Gasteiger partial charge in [0.05, 0.1) is 11.0 Å². The van der Waals surface area contributed by atoms with Crippen LogP contribution in [0.15, 0.2) is 48.7 Å². The van der Waals surface area contributed by atoms with Gasteiger partial charge in [0.2, 0.25) is 0 Å². The Balaban J connectivity index is 2.01. The van der Waals surface area contributed by atoms with Gasteiger partial charge in [-0.25, -0.2) is 9.97 Å². The molecule has 4 aromatic rings. The summed E-state index contributed by atoms with van der Waals surface area (Å²) in [7, 11) is 0. The van der Waals surface area contributed by atoms with Gasteiger partial charge in [-0.2, -0.15) is 0 Å². The maximum atomic E-state index is 4.59. The van der Waals surface area contributed by atoms with Gasteiger partial charge in [0.1, 0.15) is 5.82 Å². The number of benzene rings is 1. The molecule has 1 aromatic carbocycles. The van der Waals surface area contributed by atoms with Gasteiger partial charge < -0.3 is 4.98 Å². The van der Waals surface area contributed by atoms with Gasteiger partial charge in [-0.3, -0.25) is 4.98 Å². The van der Waals surface area contributed by atoms with Gasteiger partial charge >= 0.3 is 0 Å². The van der Waals surface area contributed by atoms with E-state index in [2.05, 4.69) is 32.1 Å². The molecular weight excluding hydrogens is 248 g/mol. The molecular formula is C16H12N4. The molecule has 0 atom stereocenters. The Kier molecular flexibility index (Phi) is 2.29. The number of imidazole rings is 1. The van der Waals surface area contributed by atoms with Crippen molar-refractivity contribution in [2.75, 3.05) is 0 Å². The summed E-state index contributed by atoms with van der Waals surface area (Å²) in [5.41, 5.74) is 4.60. The lowest BCUT2D eigenvalue weighted by Gasteiger charge is -2.01. The van der Waals surface area contributed by atoms with Crippen molar-refractivity contribution in [3.05, 3.63) is 54.4 Å². The van der Waals surface area contributed by atoms with Gasteiger partial charge in [0.15, 0.2) is 5.65 Å². The van der Waals surface area contributed by atoms with Crippen molar-refractivity contribution in [1.29, 1.82) is 0 Å². The Morgan fingerprint density at radius 3 is 2.80 bits per heavy atom. The van der Waals surface area contributed by atoms with Crippen LogP contribution < -0.4 is 0 Å². The Morgan fingerprint density at radius 2 is 1.85 bits per heavy atom. The summed E-state index contributed by atoms with van der Waals surface area (Å²) in [6.45, 7) is 1.97. The molecule has 0 bridgehead atoms. The highest BCUT2D eigenvalue weighted by Gasteiger charge is 2.10. The Labute approximate surface area is 115 Å². The molecule has 0 fully saturated rings. The first kappa shape index (κ1) is 11.1. The van der Waals surface area contributed by atoms with E-state index < -0.39 is 0 Å². The molecule has 0 saturated carbocycles. The first-order valence-corrected chi connectivity index (χ1v) is 6.49. The number of hydrogen-bond donors (Lipinski definition) is 1. The summed E-state index contributed by atoms with van der Waals surface area (Å²) in [5, 5.41) is 1.11. The van der Waals surface area contributed by atoms with Gasteiger partial charge in [-0.05, 0) is 31.2 Å². The summed E-state index contributed by atoms with van der Waals surface area (Å²) in [6, 6.07) is 14.1. The molecule has 0 amide bonds. The van der Waals surface area contributed by atoms with Crippen LogP contribution in [0.5, 0.6) is 0 Å². The number of para-hydroxylation sites is 1. The van der Waals surface area contributed by atoms with Crippen LogP contribution in [0, 0.1) is 6.92 Å². The molecule has 0 radical (unpaired) electrons. The molecule has 0 unspecified atom stereocenters. The van der Waals surface area contributed by atoms with Gasteiger partial charge in [0.25, 0.3) is 0 Å².